The molecule has 0 unspecified atom stereocenters. The first kappa shape index (κ1) is 12.4. The molecule has 3 N–H and O–H groups in total. The van der Waals surface area contributed by atoms with Crippen LogP contribution in [0.2, 0.25) is 0 Å². The van der Waals surface area contributed by atoms with E-state index in [2.05, 4.69) is 5.32 Å². The van der Waals surface area contributed by atoms with Crippen LogP contribution in [-0.4, -0.2) is 12.2 Å². The van der Waals surface area contributed by atoms with Crippen molar-refractivity contribution in [3.63, 3.8) is 0 Å². The Bertz CT molecular complexity index is 555. The lowest BCUT2D eigenvalue weighted by molar-refractivity contribution is 0.415. The highest BCUT2D eigenvalue weighted by Gasteiger charge is 2.07. The molecule has 0 aliphatic heterocycles. The highest BCUT2D eigenvalue weighted by molar-refractivity contribution is 7.80. The van der Waals surface area contributed by atoms with E-state index in [0.29, 0.717) is 0 Å². The number of methoxy groups -OCH3 is 1. The fourth-order valence-corrected chi connectivity index (χ4v) is 1.87. The Balaban J connectivity index is 2.49. The second-order valence-electron chi connectivity index (χ2n) is 3.77. The summed E-state index contributed by atoms with van der Waals surface area (Å²) in [6, 6.07) is 15.8. The van der Waals surface area contributed by atoms with Gasteiger partial charge >= 0.3 is 0 Å². The molecule has 0 spiro atoms. The summed E-state index contributed by atoms with van der Waals surface area (Å²) >= 11 is 4.89. The third-order valence-electron chi connectivity index (χ3n) is 2.57. The van der Waals surface area contributed by atoms with Crippen LogP contribution in [0.25, 0.3) is 11.1 Å². The molecular formula is C14H14N2OS. The zero-order valence-corrected chi connectivity index (χ0v) is 10.8. The summed E-state index contributed by atoms with van der Waals surface area (Å²) < 4.78 is 5.20. The summed E-state index contributed by atoms with van der Waals surface area (Å²) in [5.41, 5.74) is 8.51. The Kier molecular flexibility index (Phi) is 3.79. The molecule has 0 aromatic heterocycles. The van der Waals surface area contributed by atoms with Gasteiger partial charge in [0.05, 0.1) is 12.8 Å². The summed E-state index contributed by atoms with van der Waals surface area (Å²) in [6.45, 7) is 0. The molecule has 0 saturated heterocycles. The van der Waals surface area contributed by atoms with Crippen LogP contribution in [0.4, 0.5) is 5.69 Å². The molecule has 0 atom stereocenters. The number of hydrogen-bond donors (Lipinski definition) is 2. The van der Waals surface area contributed by atoms with Gasteiger partial charge in [-0.3, -0.25) is 0 Å². The van der Waals surface area contributed by atoms with E-state index < -0.39 is 0 Å². The van der Waals surface area contributed by atoms with Gasteiger partial charge in [0.1, 0.15) is 5.75 Å². The molecule has 2 aromatic carbocycles. The van der Waals surface area contributed by atoms with Gasteiger partial charge in [-0.15, -0.1) is 0 Å². The molecule has 2 aromatic rings. The Morgan fingerprint density at radius 2 is 1.89 bits per heavy atom. The van der Waals surface area contributed by atoms with Gasteiger partial charge in [-0.2, -0.15) is 0 Å². The van der Waals surface area contributed by atoms with Gasteiger partial charge in [0, 0.05) is 11.6 Å². The van der Waals surface area contributed by atoms with Crippen molar-refractivity contribution in [1.29, 1.82) is 0 Å². The summed E-state index contributed by atoms with van der Waals surface area (Å²) in [6.07, 6.45) is 0. The van der Waals surface area contributed by atoms with E-state index in [0.717, 1.165) is 22.6 Å². The van der Waals surface area contributed by atoms with Crippen LogP contribution in [0.1, 0.15) is 0 Å². The van der Waals surface area contributed by atoms with Crippen molar-refractivity contribution in [1.82, 2.24) is 0 Å². The minimum Gasteiger partial charge on any atom is -0.497 e. The SMILES string of the molecule is COc1ccc(-c2ccccc2)c(NC(N)=S)c1. The molecule has 0 amide bonds. The summed E-state index contributed by atoms with van der Waals surface area (Å²) in [5.74, 6) is 0.758. The molecule has 18 heavy (non-hydrogen) atoms. The maximum Gasteiger partial charge on any atom is 0.168 e. The van der Waals surface area contributed by atoms with Gasteiger partial charge < -0.3 is 15.8 Å². The smallest absolute Gasteiger partial charge is 0.168 e. The number of hydrogen-bond acceptors (Lipinski definition) is 2. The van der Waals surface area contributed by atoms with E-state index in [-0.39, 0.29) is 5.11 Å². The minimum absolute atomic E-state index is 0.237. The number of nitrogens with one attached hydrogen (secondary N) is 1. The van der Waals surface area contributed by atoms with Crippen molar-refractivity contribution >= 4 is 23.0 Å². The van der Waals surface area contributed by atoms with Gasteiger partial charge in [0.25, 0.3) is 0 Å². The van der Waals surface area contributed by atoms with Gasteiger partial charge in [-0.25, -0.2) is 0 Å². The molecule has 0 fully saturated rings. The predicted molar refractivity (Wildman–Crippen MR) is 78.8 cm³/mol. The van der Waals surface area contributed by atoms with E-state index in [9.17, 15) is 0 Å². The molecule has 3 nitrogen and oxygen atoms in total. The molecule has 0 bridgehead atoms. The highest BCUT2D eigenvalue weighted by atomic mass is 32.1. The van der Waals surface area contributed by atoms with Crippen molar-refractivity contribution in [2.75, 3.05) is 12.4 Å². The second-order valence-corrected chi connectivity index (χ2v) is 4.21. The molecule has 92 valence electrons. The molecule has 0 radical (unpaired) electrons. The lowest BCUT2D eigenvalue weighted by atomic mass is 10.0. The van der Waals surface area contributed by atoms with Gasteiger partial charge in [0.15, 0.2) is 5.11 Å². The fraction of sp³-hybridized carbons (Fsp3) is 0.0714. The van der Waals surface area contributed by atoms with Gasteiger partial charge in [0.2, 0.25) is 0 Å². The lowest BCUT2D eigenvalue weighted by Crippen LogP contribution is -2.19. The molecule has 0 aliphatic rings. The predicted octanol–water partition coefficient (Wildman–Crippen LogP) is 3.02. The first-order chi connectivity index (χ1) is 8.70. The van der Waals surface area contributed by atoms with Crippen molar-refractivity contribution in [3.05, 3.63) is 48.5 Å². The number of benzene rings is 2. The van der Waals surface area contributed by atoms with Crippen LogP contribution >= 0.6 is 12.2 Å². The lowest BCUT2D eigenvalue weighted by Gasteiger charge is -2.12. The quantitative estimate of drug-likeness (QED) is 0.831. The van der Waals surface area contributed by atoms with Crippen molar-refractivity contribution in [3.8, 4) is 16.9 Å². The normalized spacial score (nSPS) is 9.83. The summed E-state index contributed by atoms with van der Waals surface area (Å²) in [7, 11) is 1.63. The largest absolute Gasteiger partial charge is 0.497 e. The third kappa shape index (κ3) is 2.78. The molecule has 0 heterocycles. The van der Waals surface area contributed by atoms with Gasteiger partial charge in [-0.05, 0) is 29.9 Å². The van der Waals surface area contributed by atoms with Crippen molar-refractivity contribution in [2.45, 2.75) is 0 Å². The van der Waals surface area contributed by atoms with E-state index in [4.69, 9.17) is 22.7 Å². The summed E-state index contributed by atoms with van der Waals surface area (Å²) in [5, 5.41) is 3.21. The number of anilines is 1. The Morgan fingerprint density at radius 3 is 2.50 bits per heavy atom. The number of thiocarbonyl (C=S) groups is 1. The Morgan fingerprint density at radius 1 is 1.17 bits per heavy atom. The molecular weight excluding hydrogens is 244 g/mol. The van der Waals surface area contributed by atoms with Gasteiger partial charge in [-0.1, -0.05) is 30.3 Å². The zero-order valence-electron chi connectivity index (χ0n) is 10.0. The van der Waals surface area contributed by atoms with Crippen LogP contribution in [-0.2, 0) is 0 Å². The zero-order chi connectivity index (χ0) is 13.0. The van der Waals surface area contributed by atoms with Crippen molar-refractivity contribution < 1.29 is 4.74 Å². The van der Waals surface area contributed by atoms with Crippen LogP contribution in [0, 0.1) is 0 Å². The number of rotatable bonds is 3. The summed E-state index contributed by atoms with van der Waals surface area (Å²) in [4.78, 5) is 0. The number of nitrogens with two attached hydrogens (primary N) is 1. The first-order valence-electron chi connectivity index (χ1n) is 5.50. The number of ether oxygens (including phenoxy) is 1. The first-order valence-corrected chi connectivity index (χ1v) is 5.91. The monoisotopic (exact) mass is 258 g/mol. The maximum atomic E-state index is 5.54. The highest BCUT2D eigenvalue weighted by Crippen LogP contribution is 2.31. The molecule has 0 saturated carbocycles. The second kappa shape index (κ2) is 5.51. The van der Waals surface area contributed by atoms with E-state index in [1.165, 1.54) is 0 Å². The average Bonchev–Trinajstić information content (AvgIpc) is 2.39. The van der Waals surface area contributed by atoms with Crippen molar-refractivity contribution in [2.24, 2.45) is 5.73 Å². The van der Waals surface area contributed by atoms with Crippen LogP contribution in [0.3, 0.4) is 0 Å². The van der Waals surface area contributed by atoms with E-state index in [1.807, 2.05) is 48.5 Å². The molecule has 0 aliphatic carbocycles. The van der Waals surface area contributed by atoms with Crippen LogP contribution in [0.15, 0.2) is 48.5 Å². The maximum absolute atomic E-state index is 5.54. The molecule has 4 heteroatoms. The van der Waals surface area contributed by atoms with Crippen LogP contribution in [0.5, 0.6) is 5.75 Å². The Hall–Kier alpha value is -2.07. The molecule has 2 rings (SSSR count). The van der Waals surface area contributed by atoms with Crippen LogP contribution < -0.4 is 15.8 Å². The van der Waals surface area contributed by atoms with E-state index in [1.54, 1.807) is 7.11 Å². The third-order valence-corrected chi connectivity index (χ3v) is 2.67. The topological polar surface area (TPSA) is 47.3 Å². The van der Waals surface area contributed by atoms with E-state index >= 15 is 0 Å². The average molecular weight is 258 g/mol. The Labute approximate surface area is 112 Å². The standard InChI is InChI=1S/C14H14N2OS/c1-17-11-7-8-12(10-5-3-2-4-6-10)13(9-11)16-14(15)18/h2-9H,1H3,(H3,15,16,18). The minimum atomic E-state index is 0.237. The fourth-order valence-electron chi connectivity index (χ4n) is 1.76.